The Morgan fingerprint density at radius 2 is 1.58 bits per heavy atom. The molecular formula is C24H43N3O7Si2. The van der Waals surface area contributed by atoms with E-state index in [2.05, 4.69) is 68.5 Å². The molecular weight excluding hydrogens is 498 g/mol. The Morgan fingerprint density at radius 3 is 2.06 bits per heavy atom. The van der Waals surface area contributed by atoms with Crippen LogP contribution in [0.1, 0.15) is 62.3 Å². The number of ether oxygens (including phenoxy) is 1. The minimum Gasteiger partial charge on any atom is -0.414 e. The Kier molecular flexibility index (Phi) is 8.31. The SMILES string of the molecule is C=C1C(C)=CN([C@@H]2O[C@@H]3CO[Si](C(C)C)(C(C)C)O[Si](C(C)C)(C(C)C)O[C@H]3[C@H]2O)C(=C)N1[N+](=O)[O-]. The van der Waals surface area contributed by atoms with Crippen molar-refractivity contribution in [3.8, 4) is 0 Å². The Morgan fingerprint density at radius 1 is 1.06 bits per heavy atom. The minimum absolute atomic E-state index is 0.0374. The number of allylic oxidation sites excluding steroid dienone is 1. The van der Waals surface area contributed by atoms with E-state index >= 15 is 0 Å². The standard InChI is InChI=1S/C24H43N3O7Si2/c1-14(2)35(15(3)4)31-13-21-23(33-36(34-35,16(5)6)17(7)8)22(28)24(32-21)25-12-18(9)19(10)26(20(25)11)27(29)30/h12,14-17,21-24,28H,10-11,13H2,1-9H3/t21-,22-,23-,24-/m1/s1. The van der Waals surface area contributed by atoms with Gasteiger partial charge in [0.15, 0.2) is 17.1 Å². The second-order valence-corrected chi connectivity index (χ2v) is 20.1. The van der Waals surface area contributed by atoms with E-state index in [1.165, 1.54) is 4.90 Å². The van der Waals surface area contributed by atoms with Crippen LogP contribution in [0.15, 0.2) is 36.4 Å². The first-order valence-corrected chi connectivity index (χ1v) is 16.7. The Hall–Kier alpha value is -1.55. The second kappa shape index (κ2) is 10.3. The molecule has 3 rings (SSSR count). The largest absolute Gasteiger partial charge is 0.414 e. The molecule has 4 atom stereocenters. The number of hydrogen-bond acceptors (Lipinski definition) is 8. The lowest BCUT2D eigenvalue weighted by atomic mass is 10.1. The molecule has 2 saturated heterocycles. The van der Waals surface area contributed by atoms with Crippen molar-refractivity contribution in [1.29, 1.82) is 0 Å². The zero-order chi connectivity index (χ0) is 27.3. The van der Waals surface area contributed by atoms with E-state index in [4.69, 9.17) is 17.7 Å². The van der Waals surface area contributed by atoms with Gasteiger partial charge in [0.1, 0.15) is 24.0 Å². The van der Waals surface area contributed by atoms with Crippen LogP contribution < -0.4 is 0 Å². The summed E-state index contributed by atoms with van der Waals surface area (Å²) >= 11 is 0. The topological polar surface area (TPSA) is 107 Å². The van der Waals surface area contributed by atoms with Crippen LogP contribution in [-0.4, -0.2) is 68.3 Å². The van der Waals surface area contributed by atoms with E-state index in [9.17, 15) is 15.2 Å². The molecule has 204 valence electrons. The van der Waals surface area contributed by atoms with Gasteiger partial charge >= 0.3 is 17.1 Å². The first-order chi connectivity index (χ1) is 16.6. The Labute approximate surface area is 217 Å². The quantitative estimate of drug-likeness (QED) is 0.290. The van der Waals surface area contributed by atoms with Crippen LogP contribution in [0.4, 0.5) is 0 Å². The average Bonchev–Trinajstić information content (AvgIpc) is 3.04. The summed E-state index contributed by atoms with van der Waals surface area (Å²) in [5.74, 6) is 0.0374. The normalized spacial score (nSPS) is 30.7. The van der Waals surface area contributed by atoms with Crippen LogP contribution in [0.2, 0.25) is 22.2 Å². The van der Waals surface area contributed by atoms with Crippen molar-refractivity contribution >= 4 is 17.1 Å². The third kappa shape index (κ3) is 4.61. The van der Waals surface area contributed by atoms with Gasteiger partial charge in [-0.3, -0.25) is 0 Å². The molecule has 0 saturated carbocycles. The molecule has 1 N–H and O–H groups in total. The van der Waals surface area contributed by atoms with Crippen molar-refractivity contribution in [3.05, 3.63) is 46.6 Å². The van der Waals surface area contributed by atoms with E-state index < -0.39 is 46.7 Å². The van der Waals surface area contributed by atoms with Crippen LogP contribution >= 0.6 is 0 Å². The fourth-order valence-corrected chi connectivity index (χ4v) is 16.8. The van der Waals surface area contributed by atoms with Crippen LogP contribution in [0, 0.1) is 10.1 Å². The maximum atomic E-state index is 11.7. The van der Waals surface area contributed by atoms with Gasteiger partial charge in [0, 0.05) is 6.20 Å². The van der Waals surface area contributed by atoms with Crippen molar-refractivity contribution in [2.75, 3.05) is 6.61 Å². The van der Waals surface area contributed by atoms with E-state index in [0.29, 0.717) is 5.57 Å². The molecule has 12 heteroatoms. The van der Waals surface area contributed by atoms with Crippen molar-refractivity contribution in [1.82, 2.24) is 9.91 Å². The summed E-state index contributed by atoms with van der Waals surface area (Å²) in [7, 11) is -5.71. The number of aliphatic hydroxyl groups excluding tert-OH is 1. The molecule has 0 radical (unpaired) electrons. The fourth-order valence-electron chi connectivity index (χ4n) is 5.57. The number of nitrogens with zero attached hydrogens (tertiary/aromatic N) is 3. The second-order valence-electron chi connectivity index (χ2n) is 11.2. The predicted octanol–water partition coefficient (Wildman–Crippen LogP) is 4.73. The Bertz CT molecular complexity index is 907. The highest BCUT2D eigenvalue weighted by molar-refractivity contribution is 6.83. The van der Waals surface area contributed by atoms with Crippen molar-refractivity contribution in [2.45, 2.75) is 109 Å². The van der Waals surface area contributed by atoms with Crippen LogP contribution in [0.3, 0.4) is 0 Å². The lowest BCUT2D eigenvalue weighted by Crippen LogP contribution is -2.66. The maximum absolute atomic E-state index is 11.7. The third-order valence-electron chi connectivity index (χ3n) is 7.66. The summed E-state index contributed by atoms with van der Waals surface area (Å²) in [5, 5.41) is 23.5. The first-order valence-electron chi connectivity index (χ1n) is 12.8. The molecule has 3 aliphatic heterocycles. The van der Waals surface area contributed by atoms with Gasteiger partial charge in [-0.15, -0.1) is 0 Å². The number of aliphatic hydroxyl groups is 1. The monoisotopic (exact) mass is 541 g/mol. The smallest absolute Gasteiger partial charge is 0.335 e. The summed E-state index contributed by atoms with van der Waals surface area (Å²) < 4.78 is 27.2. The molecule has 0 unspecified atom stereocenters. The zero-order valence-electron chi connectivity index (χ0n) is 23.1. The van der Waals surface area contributed by atoms with E-state index in [0.717, 1.165) is 5.01 Å². The van der Waals surface area contributed by atoms with Gasteiger partial charge in [-0.2, -0.15) is 0 Å². The van der Waals surface area contributed by atoms with E-state index in [-0.39, 0.29) is 40.3 Å². The van der Waals surface area contributed by atoms with Gasteiger partial charge in [0.05, 0.1) is 6.61 Å². The van der Waals surface area contributed by atoms with E-state index in [1.54, 1.807) is 13.1 Å². The van der Waals surface area contributed by atoms with Gasteiger partial charge in [-0.05, 0) is 39.7 Å². The van der Waals surface area contributed by atoms with Crippen LogP contribution in [0.5, 0.6) is 0 Å². The highest BCUT2D eigenvalue weighted by Crippen LogP contribution is 2.48. The first kappa shape index (κ1) is 29.0. The molecule has 0 aromatic heterocycles. The van der Waals surface area contributed by atoms with Gasteiger partial charge in [-0.1, -0.05) is 68.5 Å². The summed E-state index contributed by atoms with van der Waals surface area (Å²) in [6, 6.07) is 0. The van der Waals surface area contributed by atoms with Crippen molar-refractivity contribution in [3.63, 3.8) is 0 Å². The molecule has 3 heterocycles. The molecule has 0 aliphatic carbocycles. The molecule has 3 aliphatic rings. The molecule has 0 bridgehead atoms. The van der Waals surface area contributed by atoms with Gasteiger partial charge in [0.2, 0.25) is 0 Å². The number of rotatable bonds is 6. The summed E-state index contributed by atoms with van der Waals surface area (Å²) in [6.07, 6.45) is -1.67. The third-order valence-corrected chi connectivity index (χ3v) is 17.9. The van der Waals surface area contributed by atoms with Gasteiger partial charge in [0.25, 0.3) is 0 Å². The van der Waals surface area contributed by atoms with Gasteiger partial charge in [-0.25, -0.2) is 10.1 Å². The number of nitro groups is 1. The number of fused-ring (bicyclic) bond motifs is 1. The van der Waals surface area contributed by atoms with Crippen molar-refractivity contribution in [2.24, 2.45) is 0 Å². The lowest BCUT2D eigenvalue weighted by Gasteiger charge is -2.51. The zero-order valence-corrected chi connectivity index (χ0v) is 25.1. The van der Waals surface area contributed by atoms with E-state index in [1.807, 2.05) is 0 Å². The molecule has 0 aromatic rings. The molecule has 0 spiro atoms. The maximum Gasteiger partial charge on any atom is 0.335 e. The van der Waals surface area contributed by atoms with Gasteiger partial charge < -0.3 is 27.7 Å². The molecule has 10 nitrogen and oxygen atoms in total. The Balaban J connectivity index is 2.06. The highest BCUT2D eigenvalue weighted by Gasteiger charge is 2.62. The number of hydrazine groups is 1. The minimum atomic E-state index is -2.95. The molecule has 36 heavy (non-hydrogen) atoms. The average molecular weight is 542 g/mol. The van der Waals surface area contributed by atoms with Crippen LogP contribution in [-0.2, 0) is 17.7 Å². The predicted molar refractivity (Wildman–Crippen MR) is 141 cm³/mol. The highest BCUT2D eigenvalue weighted by atomic mass is 28.5. The molecule has 0 aromatic carbocycles. The number of hydrogen-bond donors (Lipinski definition) is 1. The lowest BCUT2D eigenvalue weighted by molar-refractivity contribution is -0.635. The molecule has 2 fully saturated rings. The van der Waals surface area contributed by atoms with Crippen LogP contribution in [0.25, 0.3) is 0 Å². The van der Waals surface area contributed by atoms with Crippen molar-refractivity contribution < 1.29 is 27.8 Å². The molecule has 0 amide bonds. The fraction of sp³-hybridized carbons (Fsp3) is 0.750. The summed E-state index contributed by atoms with van der Waals surface area (Å²) in [6.45, 7) is 26.6. The summed E-state index contributed by atoms with van der Waals surface area (Å²) in [4.78, 5) is 13.2. The summed E-state index contributed by atoms with van der Waals surface area (Å²) in [5.41, 5.74) is 1.32.